The molecule has 0 unspecified atom stereocenters. The van der Waals surface area contributed by atoms with E-state index in [0.29, 0.717) is 5.57 Å². The predicted octanol–water partition coefficient (Wildman–Crippen LogP) is 4.33. The summed E-state index contributed by atoms with van der Waals surface area (Å²) >= 11 is 0. The smallest absolute Gasteiger partial charge is 0.398 e. The van der Waals surface area contributed by atoms with Crippen LogP contribution in [0.4, 0.5) is 4.39 Å². The number of benzene rings is 1. The summed E-state index contributed by atoms with van der Waals surface area (Å²) in [5.41, 5.74) is 1.10. The van der Waals surface area contributed by atoms with E-state index in [4.69, 9.17) is 9.31 Å². The lowest BCUT2D eigenvalue weighted by Crippen LogP contribution is -2.41. The van der Waals surface area contributed by atoms with Gasteiger partial charge in [-0.2, -0.15) is 0 Å². The van der Waals surface area contributed by atoms with Crippen molar-refractivity contribution in [2.24, 2.45) is 0 Å². The van der Waals surface area contributed by atoms with Crippen LogP contribution in [-0.2, 0) is 9.31 Å². The van der Waals surface area contributed by atoms with Gasteiger partial charge in [-0.3, -0.25) is 0 Å². The molecule has 108 valence electrons. The third-order valence-corrected chi connectivity index (χ3v) is 4.37. The summed E-state index contributed by atoms with van der Waals surface area (Å²) < 4.78 is 26.2. The highest BCUT2D eigenvalue weighted by Gasteiger charge is 2.53. The highest BCUT2D eigenvalue weighted by atomic mass is 19.1. The Hall–Kier alpha value is -1.13. The highest BCUT2D eigenvalue weighted by molar-refractivity contribution is 6.55. The average molecular weight is 276 g/mol. The van der Waals surface area contributed by atoms with Crippen LogP contribution in [0.15, 0.2) is 30.0 Å². The fraction of sp³-hybridized carbons (Fsp3) is 0.500. The number of halogens is 1. The van der Waals surface area contributed by atoms with Gasteiger partial charge in [0, 0.05) is 0 Å². The molecule has 20 heavy (non-hydrogen) atoms. The lowest BCUT2D eigenvalue weighted by atomic mass is 9.82. The van der Waals surface area contributed by atoms with Crippen molar-refractivity contribution in [2.75, 3.05) is 0 Å². The van der Waals surface area contributed by atoms with Crippen LogP contribution < -0.4 is 0 Å². The molecule has 2 rings (SSSR count). The van der Waals surface area contributed by atoms with Gasteiger partial charge in [-0.25, -0.2) is 4.39 Å². The Bertz CT molecular complexity index is 533. The minimum atomic E-state index is -0.931. The molecule has 1 aromatic carbocycles. The molecule has 0 spiro atoms. The molecule has 1 saturated heterocycles. The van der Waals surface area contributed by atoms with Gasteiger partial charge < -0.3 is 9.31 Å². The van der Waals surface area contributed by atoms with E-state index in [0.717, 1.165) is 11.1 Å². The zero-order valence-electron chi connectivity index (χ0n) is 13.1. The molecule has 0 saturated carbocycles. The van der Waals surface area contributed by atoms with Gasteiger partial charge in [0.1, 0.15) is 5.73 Å². The predicted molar refractivity (Wildman–Crippen MR) is 81.0 cm³/mol. The monoisotopic (exact) mass is 276 g/mol. The van der Waals surface area contributed by atoms with Crippen LogP contribution in [0, 0.1) is 6.92 Å². The number of aryl methyl sites for hydroxylation is 1. The number of hydrogen-bond acceptors (Lipinski definition) is 2. The van der Waals surface area contributed by atoms with Crippen LogP contribution in [0.3, 0.4) is 0 Å². The van der Waals surface area contributed by atoms with Crippen molar-refractivity contribution in [1.82, 2.24) is 0 Å². The Balaban J connectivity index is 2.35. The van der Waals surface area contributed by atoms with Gasteiger partial charge >= 0.3 is 7.12 Å². The minimum absolute atomic E-state index is 0.349. The van der Waals surface area contributed by atoms with Crippen molar-refractivity contribution in [3.63, 3.8) is 0 Å². The fourth-order valence-electron chi connectivity index (χ4n) is 2.25. The lowest BCUT2D eigenvalue weighted by molar-refractivity contribution is 0.00578. The zero-order valence-corrected chi connectivity index (χ0v) is 13.1. The van der Waals surface area contributed by atoms with Crippen LogP contribution in [0.2, 0.25) is 0 Å². The normalized spacial score (nSPS) is 21.9. The summed E-state index contributed by atoms with van der Waals surface area (Å²) in [6.45, 7) is 11.4. The van der Waals surface area contributed by atoms with Crippen LogP contribution >= 0.6 is 0 Å². The molecule has 1 fully saturated rings. The van der Waals surface area contributed by atoms with E-state index < -0.39 is 18.3 Å². The summed E-state index contributed by atoms with van der Waals surface area (Å²) in [6.07, 6.45) is 0. The van der Waals surface area contributed by atoms with Gasteiger partial charge in [-0.1, -0.05) is 24.3 Å². The number of allylic oxidation sites excluding steroid dienone is 1. The third-order valence-electron chi connectivity index (χ3n) is 4.37. The Morgan fingerprint density at radius 3 is 2.05 bits per heavy atom. The van der Waals surface area contributed by atoms with Crippen molar-refractivity contribution >= 4 is 12.7 Å². The van der Waals surface area contributed by atoms with E-state index in [1.807, 2.05) is 58.9 Å². The molecule has 0 N–H and O–H groups in total. The lowest BCUT2D eigenvalue weighted by Gasteiger charge is -2.32. The Morgan fingerprint density at radius 2 is 1.55 bits per heavy atom. The van der Waals surface area contributed by atoms with E-state index in [1.54, 1.807) is 6.92 Å². The standard InChI is InChI=1S/C16H22BFO2/c1-11-9-7-8-10-13(11)12(2)14(18)17-19-15(3,4)16(5,6)20-17/h7-10H,1-6H3. The highest BCUT2D eigenvalue weighted by Crippen LogP contribution is 2.40. The molecule has 2 nitrogen and oxygen atoms in total. The second-order valence-corrected chi connectivity index (χ2v) is 6.38. The summed E-state index contributed by atoms with van der Waals surface area (Å²) in [5.74, 6) is 0. The molecule has 1 aromatic rings. The molecule has 0 aromatic heterocycles. The van der Waals surface area contributed by atoms with Gasteiger partial charge in [0.2, 0.25) is 0 Å². The molecular weight excluding hydrogens is 254 g/mol. The number of hydrogen-bond donors (Lipinski definition) is 0. The third kappa shape index (κ3) is 2.55. The molecule has 0 amide bonds. The summed E-state index contributed by atoms with van der Waals surface area (Å²) in [5, 5.41) is 0. The molecule has 1 heterocycles. The van der Waals surface area contributed by atoms with E-state index in [9.17, 15) is 4.39 Å². The first-order valence-corrected chi connectivity index (χ1v) is 6.93. The average Bonchev–Trinajstić information content (AvgIpc) is 2.57. The quantitative estimate of drug-likeness (QED) is 0.748. The molecule has 0 atom stereocenters. The van der Waals surface area contributed by atoms with E-state index in [2.05, 4.69) is 0 Å². The van der Waals surface area contributed by atoms with E-state index in [-0.39, 0.29) is 5.73 Å². The zero-order chi connectivity index (χ0) is 15.1. The first kappa shape index (κ1) is 15.3. The maximum Gasteiger partial charge on any atom is 0.525 e. The van der Waals surface area contributed by atoms with Crippen molar-refractivity contribution in [3.05, 3.63) is 41.1 Å². The van der Waals surface area contributed by atoms with Crippen LogP contribution in [-0.4, -0.2) is 18.3 Å². The van der Waals surface area contributed by atoms with Crippen molar-refractivity contribution in [3.8, 4) is 0 Å². The molecule has 1 aliphatic heterocycles. The molecule has 0 radical (unpaired) electrons. The van der Waals surface area contributed by atoms with Crippen molar-refractivity contribution in [2.45, 2.75) is 52.7 Å². The second kappa shape index (κ2) is 5.01. The molecule has 1 aliphatic rings. The van der Waals surface area contributed by atoms with Gasteiger partial charge in [0.15, 0.2) is 0 Å². The SMILES string of the molecule is CC(=C(F)B1OC(C)(C)C(C)(C)O1)c1ccccc1C. The van der Waals surface area contributed by atoms with Crippen molar-refractivity contribution in [1.29, 1.82) is 0 Å². The van der Waals surface area contributed by atoms with E-state index >= 15 is 0 Å². The van der Waals surface area contributed by atoms with Gasteiger partial charge in [0.05, 0.1) is 11.2 Å². The summed E-state index contributed by atoms with van der Waals surface area (Å²) in [4.78, 5) is 0. The van der Waals surface area contributed by atoms with Crippen LogP contribution in [0.25, 0.3) is 5.57 Å². The summed E-state index contributed by atoms with van der Waals surface area (Å²) in [7, 11) is -0.931. The topological polar surface area (TPSA) is 18.5 Å². The van der Waals surface area contributed by atoms with Gasteiger partial charge in [-0.15, -0.1) is 0 Å². The van der Waals surface area contributed by atoms with Gasteiger partial charge in [0.25, 0.3) is 0 Å². The fourth-order valence-corrected chi connectivity index (χ4v) is 2.25. The molecule has 4 heteroatoms. The minimum Gasteiger partial charge on any atom is -0.398 e. The number of rotatable bonds is 2. The first-order valence-electron chi connectivity index (χ1n) is 6.93. The largest absolute Gasteiger partial charge is 0.525 e. The van der Waals surface area contributed by atoms with E-state index in [1.165, 1.54) is 0 Å². The van der Waals surface area contributed by atoms with Gasteiger partial charge in [-0.05, 0) is 58.2 Å². The Labute approximate surface area is 121 Å². The summed E-state index contributed by atoms with van der Waals surface area (Å²) in [6, 6.07) is 7.73. The molecular formula is C16H22BFO2. The second-order valence-electron chi connectivity index (χ2n) is 6.38. The first-order chi connectivity index (χ1) is 9.16. The van der Waals surface area contributed by atoms with Crippen LogP contribution in [0.5, 0.6) is 0 Å². The molecule has 0 bridgehead atoms. The maximum absolute atomic E-state index is 14.7. The molecule has 0 aliphatic carbocycles. The maximum atomic E-state index is 14.7. The van der Waals surface area contributed by atoms with Crippen LogP contribution in [0.1, 0.15) is 45.7 Å². The Kier molecular flexibility index (Phi) is 3.82. The van der Waals surface area contributed by atoms with Crippen molar-refractivity contribution < 1.29 is 13.7 Å². The Morgan fingerprint density at radius 1 is 1.05 bits per heavy atom.